The molecule has 0 spiro atoms. The number of benzene rings is 1. The Morgan fingerprint density at radius 2 is 2.05 bits per heavy atom. The molecule has 1 atom stereocenters. The molecule has 116 valence electrons. The van der Waals surface area contributed by atoms with Crippen LogP contribution < -0.4 is 4.74 Å². The summed E-state index contributed by atoms with van der Waals surface area (Å²) in [6, 6.07) is 7.79. The predicted molar refractivity (Wildman–Crippen MR) is 80.6 cm³/mol. The van der Waals surface area contributed by atoms with E-state index < -0.39 is 0 Å². The summed E-state index contributed by atoms with van der Waals surface area (Å²) in [5.74, 6) is 0.821. The van der Waals surface area contributed by atoms with Crippen LogP contribution in [0.4, 0.5) is 0 Å². The van der Waals surface area contributed by atoms with Crippen LogP contribution in [0.2, 0.25) is 0 Å². The van der Waals surface area contributed by atoms with Crippen molar-refractivity contribution in [1.29, 1.82) is 0 Å². The topological polar surface area (TPSA) is 44.8 Å². The Balaban J connectivity index is 1.68. The van der Waals surface area contributed by atoms with E-state index in [9.17, 15) is 4.79 Å². The average Bonchev–Trinajstić information content (AvgIpc) is 2.52. The van der Waals surface area contributed by atoms with Crippen molar-refractivity contribution in [2.24, 2.45) is 0 Å². The predicted octanol–water partition coefficient (Wildman–Crippen LogP) is 3.30. The van der Waals surface area contributed by atoms with E-state index in [1.54, 1.807) is 0 Å². The highest BCUT2D eigenvalue weighted by Crippen LogP contribution is 2.18. The van der Waals surface area contributed by atoms with Gasteiger partial charge in [-0.05, 0) is 42.9 Å². The van der Waals surface area contributed by atoms with Crippen LogP contribution in [-0.2, 0) is 14.3 Å². The van der Waals surface area contributed by atoms with Gasteiger partial charge in [-0.25, -0.2) is 4.79 Å². The lowest BCUT2D eigenvalue weighted by Crippen LogP contribution is -2.27. The number of carbonyl (C=O) groups excluding carboxylic acids is 1. The summed E-state index contributed by atoms with van der Waals surface area (Å²) >= 11 is 0. The van der Waals surface area contributed by atoms with Gasteiger partial charge in [-0.1, -0.05) is 26.0 Å². The van der Waals surface area contributed by atoms with Crippen LogP contribution in [0.15, 0.2) is 24.3 Å². The molecule has 0 aromatic heterocycles. The van der Waals surface area contributed by atoms with Crippen LogP contribution in [0.5, 0.6) is 5.75 Å². The Bertz CT molecular complexity index is 433. The Hall–Kier alpha value is -1.55. The Kier molecular flexibility index (Phi) is 6.05. The van der Waals surface area contributed by atoms with E-state index in [1.807, 2.05) is 24.3 Å². The Morgan fingerprint density at radius 1 is 1.29 bits per heavy atom. The molecule has 1 heterocycles. The van der Waals surface area contributed by atoms with Crippen molar-refractivity contribution < 1.29 is 19.0 Å². The third-order valence-electron chi connectivity index (χ3n) is 3.61. The maximum atomic E-state index is 11.6. The minimum Gasteiger partial charge on any atom is -0.482 e. The molecule has 0 radical (unpaired) electrons. The summed E-state index contributed by atoms with van der Waals surface area (Å²) in [4.78, 5) is 11.6. The molecule has 4 heteroatoms. The van der Waals surface area contributed by atoms with Crippen molar-refractivity contribution in [3.05, 3.63) is 29.8 Å². The number of rotatable bonds is 6. The third kappa shape index (κ3) is 5.38. The number of esters is 1. The highest BCUT2D eigenvalue weighted by molar-refractivity contribution is 5.71. The first-order valence-electron chi connectivity index (χ1n) is 7.65. The van der Waals surface area contributed by atoms with Crippen molar-refractivity contribution >= 4 is 5.97 Å². The van der Waals surface area contributed by atoms with Crippen LogP contribution in [0.1, 0.15) is 44.6 Å². The monoisotopic (exact) mass is 292 g/mol. The van der Waals surface area contributed by atoms with Crippen LogP contribution in [-0.4, -0.2) is 31.9 Å². The zero-order valence-electron chi connectivity index (χ0n) is 12.8. The lowest BCUT2D eigenvalue weighted by Gasteiger charge is -2.22. The maximum Gasteiger partial charge on any atom is 0.344 e. The number of carbonyl (C=O) groups is 1. The van der Waals surface area contributed by atoms with Crippen LogP contribution in [0.3, 0.4) is 0 Å². The average molecular weight is 292 g/mol. The number of hydrogen-bond donors (Lipinski definition) is 0. The Morgan fingerprint density at radius 3 is 2.67 bits per heavy atom. The molecular formula is C17H24O4. The fraction of sp³-hybridized carbons (Fsp3) is 0.588. The summed E-state index contributed by atoms with van der Waals surface area (Å²) < 4.78 is 16.1. The van der Waals surface area contributed by atoms with Gasteiger partial charge < -0.3 is 14.2 Å². The molecule has 1 aliphatic heterocycles. The van der Waals surface area contributed by atoms with Gasteiger partial charge in [0, 0.05) is 6.61 Å². The van der Waals surface area contributed by atoms with E-state index in [-0.39, 0.29) is 18.7 Å². The third-order valence-corrected chi connectivity index (χ3v) is 3.61. The molecule has 0 saturated carbocycles. The lowest BCUT2D eigenvalue weighted by atomic mass is 10.0. The van der Waals surface area contributed by atoms with E-state index in [1.165, 1.54) is 5.56 Å². The second kappa shape index (κ2) is 8.03. The van der Waals surface area contributed by atoms with Crippen LogP contribution in [0.25, 0.3) is 0 Å². The van der Waals surface area contributed by atoms with Gasteiger partial charge in [0.1, 0.15) is 12.4 Å². The van der Waals surface area contributed by atoms with E-state index in [2.05, 4.69) is 13.8 Å². The van der Waals surface area contributed by atoms with E-state index in [0.717, 1.165) is 25.9 Å². The molecule has 4 nitrogen and oxygen atoms in total. The molecule has 0 aliphatic carbocycles. The second-order valence-electron chi connectivity index (χ2n) is 5.68. The summed E-state index contributed by atoms with van der Waals surface area (Å²) in [7, 11) is 0. The molecule has 2 rings (SSSR count). The summed E-state index contributed by atoms with van der Waals surface area (Å²) in [6.07, 6.45) is 3.25. The van der Waals surface area contributed by atoms with Gasteiger partial charge >= 0.3 is 5.97 Å². The van der Waals surface area contributed by atoms with Crippen molar-refractivity contribution in [3.8, 4) is 5.75 Å². The molecule has 1 aliphatic rings. The van der Waals surface area contributed by atoms with Gasteiger partial charge in [-0.15, -0.1) is 0 Å². The molecule has 1 unspecified atom stereocenters. The van der Waals surface area contributed by atoms with Gasteiger partial charge in [-0.3, -0.25) is 0 Å². The van der Waals surface area contributed by atoms with Gasteiger partial charge in [0.25, 0.3) is 0 Å². The molecule has 1 fully saturated rings. The Labute approximate surface area is 126 Å². The van der Waals surface area contributed by atoms with Crippen molar-refractivity contribution in [2.75, 3.05) is 19.8 Å². The quantitative estimate of drug-likeness (QED) is 0.755. The summed E-state index contributed by atoms with van der Waals surface area (Å²) in [6.45, 7) is 5.31. The summed E-state index contributed by atoms with van der Waals surface area (Å²) in [5.41, 5.74) is 1.25. The molecule has 0 amide bonds. The first-order valence-corrected chi connectivity index (χ1v) is 7.65. The highest BCUT2D eigenvalue weighted by atomic mass is 16.6. The molecular weight excluding hydrogens is 268 g/mol. The normalized spacial score (nSPS) is 18.5. The summed E-state index contributed by atoms with van der Waals surface area (Å²) in [5, 5.41) is 0. The molecule has 21 heavy (non-hydrogen) atoms. The zero-order chi connectivity index (χ0) is 15.1. The molecule has 1 aromatic carbocycles. The SMILES string of the molecule is CC(C)c1ccc(OCC(=O)OCC2CCCCO2)cc1. The standard InChI is InChI=1S/C17H24O4/c1-13(2)14-6-8-15(9-7-14)20-12-17(18)21-11-16-5-3-4-10-19-16/h6-9,13,16H,3-5,10-12H2,1-2H3. The molecule has 0 bridgehead atoms. The maximum absolute atomic E-state index is 11.6. The largest absolute Gasteiger partial charge is 0.482 e. The first-order chi connectivity index (χ1) is 10.1. The van der Waals surface area contributed by atoms with Gasteiger partial charge in [0.05, 0.1) is 6.10 Å². The van der Waals surface area contributed by atoms with Gasteiger partial charge in [0.2, 0.25) is 0 Å². The van der Waals surface area contributed by atoms with Crippen molar-refractivity contribution in [3.63, 3.8) is 0 Å². The smallest absolute Gasteiger partial charge is 0.344 e. The highest BCUT2D eigenvalue weighted by Gasteiger charge is 2.16. The van der Waals surface area contributed by atoms with Crippen molar-refractivity contribution in [2.45, 2.75) is 45.1 Å². The van der Waals surface area contributed by atoms with Gasteiger partial charge in [-0.2, -0.15) is 0 Å². The van der Waals surface area contributed by atoms with Crippen molar-refractivity contribution in [1.82, 2.24) is 0 Å². The minimum absolute atomic E-state index is 0.0491. The van der Waals surface area contributed by atoms with Crippen LogP contribution in [0, 0.1) is 0 Å². The molecule has 0 N–H and O–H groups in total. The molecule has 1 saturated heterocycles. The minimum atomic E-state index is -0.350. The van der Waals surface area contributed by atoms with E-state index in [4.69, 9.17) is 14.2 Å². The van der Waals surface area contributed by atoms with E-state index in [0.29, 0.717) is 18.3 Å². The number of hydrogen-bond acceptors (Lipinski definition) is 4. The fourth-order valence-corrected chi connectivity index (χ4v) is 2.26. The zero-order valence-corrected chi connectivity index (χ0v) is 12.8. The molecule has 1 aromatic rings. The lowest BCUT2D eigenvalue weighted by molar-refractivity contribution is -0.151. The van der Waals surface area contributed by atoms with E-state index >= 15 is 0 Å². The fourth-order valence-electron chi connectivity index (χ4n) is 2.26. The second-order valence-corrected chi connectivity index (χ2v) is 5.68. The van der Waals surface area contributed by atoms with Crippen LogP contribution >= 0.6 is 0 Å². The van der Waals surface area contributed by atoms with Gasteiger partial charge in [0.15, 0.2) is 6.61 Å². The number of ether oxygens (including phenoxy) is 3. The first kappa shape index (κ1) is 15.8.